The van der Waals surface area contributed by atoms with Crippen LogP contribution in [0.15, 0.2) is 48.5 Å². The summed E-state index contributed by atoms with van der Waals surface area (Å²) in [6.07, 6.45) is -1.06. The summed E-state index contributed by atoms with van der Waals surface area (Å²) >= 11 is 0. The van der Waals surface area contributed by atoms with Gasteiger partial charge in [-0.25, -0.2) is 9.18 Å². The number of cyclic esters (lactones) is 1. The molecule has 2 amide bonds. The first-order valence-electron chi connectivity index (χ1n) is 9.55. The maximum Gasteiger partial charge on any atom is 0.414 e. The van der Waals surface area contributed by atoms with Gasteiger partial charge in [0.2, 0.25) is 0 Å². The Kier molecular flexibility index (Phi) is 5.62. The van der Waals surface area contributed by atoms with Crippen LogP contribution >= 0.6 is 0 Å². The van der Waals surface area contributed by atoms with Crippen LogP contribution in [0.3, 0.4) is 0 Å². The Bertz CT molecular complexity index is 887. The van der Waals surface area contributed by atoms with Crippen LogP contribution in [0.25, 0.3) is 0 Å². The van der Waals surface area contributed by atoms with Crippen molar-refractivity contribution in [1.82, 2.24) is 5.32 Å². The number of nitrogens with zero attached hydrogens (tertiary/aromatic N) is 2. The number of ether oxygens (including phenoxy) is 2. The molecule has 0 saturated carbocycles. The van der Waals surface area contributed by atoms with Gasteiger partial charge in [-0.05, 0) is 30.3 Å². The fourth-order valence-electron chi connectivity index (χ4n) is 3.46. The average Bonchev–Trinajstić information content (AvgIpc) is 3.13. The third-order valence-electron chi connectivity index (χ3n) is 5.00. The molecule has 0 bridgehead atoms. The van der Waals surface area contributed by atoms with Crippen molar-refractivity contribution in [3.63, 3.8) is 0 Å². The van der Waals surface area contributed by atoms with Gasteiger partial charge >= 0.3 is 6.09 Å². The summed E-state index contributed by atoms with van der Waals surface area (Å²) in [6, 6.07) is 13.5. The van der Waals surface area contributed by atoms with E-state index in [1.807, 2.05) is 11.0 Å². The Morgan fingerprint density at radius 2 is 1.90 bits per heavy atom. The van der Waals surface area contributed by atoms with E-state index in [0.29, 0.717) is 43.2 Å². The number of amides is 2. The quantitative estimate of drug-likeness (QED) is 0.836. The minimum absolute atomic E-state index is 0.185. The van der Waals surface area contributed by atoms with E-state index in [1.54, 1.807) is 36.4 Å². The van der Waals surface area contributed by atoms with E-state index in [2.05, 4.69) is 5.32 Å². The lowest BCUT2D eigenvalue weighted by Gasteiger charge is -2.29. The van der Waals surface area contributed by atoms with Crippen LogP contribution in [0.2, 0.25) is 0 Å². The molecule has 2 aliphatic heterocycles. The molecular weight excluding hydrogens is 377 g/mol. The van der Waals surface area contributed by atoms with Gasteiger partial charge < -0.3 is 19.7 Å². The van der Waals surface area contributed by atoms with E-state index < -0.39 is 18.0 Å². The highest BCUT2D eigenvalue weighted by Crippen LogP contribution is 2.28. The van der Waals surface area contributed by atoms with Gasteiger partial charge in [0.25, 0.3) is 5.91 Å². The smallest absolute Gasteiger partial charge is 0.414 e. The van der Waals surface area contributed by atoms with Crippen molar-refractivity contribution >= 4 is 23.4 Å². The van der Waals surface area contributed by atoms with Gasteiger partial charge in [0.15, 0.2) is 0 Å². The molecule has 4 rings (SSSR count). The van der Waals surface area contributed by atoms with Crippen LogP contribution in [-0.4, -0.2) is 57.5 Å². The number of carbonyl (C=O) groups is 2. The summed E-state index contributed by atoms with van der Waals surface area (Å²) in [7, 11) is 0. The summed E-state index contributed by atoms with van der Waals surface area (Å²) in [6.45, 7) is 2.82. The minimum Gasteiger partial charge on any atom is -0.442 e. The van der Waals surface area contributed by atoms with E-state index >= 15 is 0 Å². The van der Waals surface area contributed by atoms with Crippen LogP contribution in [0.1, 0.15) is 10.4 Å². The molecule has 0 radical (unpaired) electrons. The maximum atomic E-state index is 14.6. The fourth-order valence-corrected chi connectivity index (χ4v) is 3.46. The molecule has 2 aromatic carbocycles. The summed E-state index contributed by atoms with van der Waals surface area (Å²) in [5, 5.41) is 2.76. The Hall–Kier alpha value is -3.13. The second-order valence-corrected chi connectivity index (χ2v) is 6.93. The second kappa shape index (κ2) is 8.48. The number of hydrogen-bond donors (Lipinski definition) is 1. The molecule has 7 nitrogen and oxygen atoms in total. The number of halogens is 1. The van der Waals surface area contributed by atoms with E-state index in [4.69, 9.17) is 9.47 Å². The van der Waals surface area contributed by atoms with Crippen LogP contribution in [0.5, 0.6) is 0 Å². The highest BCUT2D eigenvalue weighted by Gasteiger charge is 2.33. The van der Waals surface area contributed by atoms with E-state index in [0.717, 1.165) is 0 Å². The summed E-state index contributed by atoms with van der Waals surface area (Å²) in [5.74, 6) is -0.626. The molecule has 1 N–H and O–H groups in total. The molecule has 2 saturated heterocycles. The van der Waals surface area contributed by atoms with Gasteiger partial charge in [-0.2, -0.15) is 0 Å². The van der Waals surface area contributed by atoms with Crippen molar-refractivity contribution in [2.45, 2.75) is 6.10 Å². The number of anilines is 2. The van der Waals surface area contributed by atoms with Crippen LogP contribution in [-0.2, 0) is 9.47 Å². The Balaban J connectivity index is 1.37. The molecule has 2 aliphatic rings. The van der Waals surface area contributed by atoms with Gasteiger partial charge in [0.05, 0.1) is 37.7 Å². The van der Waals surface area contributed by atoms with Crippen molar-refractivity contribution in [2.24, 2.45) is 0 Å². The molecule has 1 atom stereocenters. The van der Waals surface area contributed by atoms with Gasteiger partial charge in [0.1, 0.15) is 11.9 Å². The zero-order chi connectivity index (χ0) is 20.2. The minimum atomic E-state index is -0.553. The molecule has 2 aromatic rings. The summed E-state index contributed by atoms with van der Waals surface area (Å²) < 4.78 is 25.3. The molecule has 2 fully saturated rings. The molecule has 0 unspecified atom stereocenters. The normalized spacial score (nSPS) is 19.2. The zero-order valence-corrected chi connectivity index (χ0v) is 15.8. The van der Waals surface area contributed by atoms with E-state index in [1.165, 1.54) is 11.0 Å². The number of benzene rings is 2. The lowest BCUT2D eigenvalue weighted by molar-refractivity contribution is 0.0916. The lowest BCUT2D eigenvalue weighted by Crippen LogP contribution is -2.37. The zero-order valence-electron chi connectivity index (χ0n) is 15.8. The third-order valence-corrected chi connectivity index (χ3v) is 5.00. The average molecular weight is 399 g/mol. The molecule has 152 valence electrons. The summed E-state index contributed by atoms with van der Waals surface area (Å²) in [4.78, 5) is 27.7. The van der Waals surface area contributed by atoms with Crippen LogP contribution in [0, 0.1) is 5.82 Å². The standard InChI is InChI=1S/C21H22FN3O4/c22-18-12-16(6-7-19(18)24-8-10-28-11-9-24)25-14-17(29-21(25)27)13-23-20(26)15-4-2-1-3-5-15/h1-7,12,17H,8-11,13-14H2,(H,23,26)/t17-/m0/s1. The van der Waals surface area contributed by atoms with E-state index in [9.17, 15) is 14.0 Å². The molecule has 0 aliphatic carbocycles. The van der Waals surface area contributed by atoms with Gasteiger partial charge in [-0.15, -0.1) is 0 Å². The fraction of sp³-hybridized carbons (Fsp3) is 0.333. The van der Waals surface area contributed by atoms with Gasteiger partial charge in [-0.3, -0.25) is 9.69 Å². The highest BCUT2D eigenvalue weighted by molar-refractivity contribution is 5.94. The lowest BCUT2D eigenvalue weighted by atomic mass is 10.2. The summed E-state index contributed by atoms with van der Waals surface area (Å²) in [5.41, 5.74) is 1.46. The van der Waals surface area contributed by atoms with Crippen molar-refractivity contribution in [3.8, 4) is 0 Å². The highest BCUT2D eigenvalue weighted by atomic mass is 19.1. The SMILES string of the molecule is O=C(NC[C@H]1CN(c2ccc(N3CCOCC3)c(F)c2)C(=O)O1)c1ccccc1. The molecular formula is C21H22FN3O4. The molecule has 8 heteroatoms. The monoisotopic (exact) mass is 399 g/mol. The van der Waals surface area contributed by atoms with Crippen LogP contribution in [0.4, 0.5) is 20.6 Å². The van der Waals surface area contributed by atoms with Gasteiger partial charge in [0, 0.05) is 18.7 Å². The number of rotatable bonds is 5. The van der Waals surface area contributed by atoms with Crippen LogP contribution < -0.4 is 15.1 Å². The molecule has 0 spiro atoms. The number of morpholine rings is 1. The topological polar surface area (TPSA) is 71.1 Å². The Morgan fingerprint density at radius 1 is 1.14 bits per heavy atom. The second-order valence-electron chi connectivity index (χ2n) is 6.93. The predicted octanol–water partition coefficient (Wildman–Crippen LogP) is 2.42. The molecule has 0 aromatic heterocycles. The van der Waals surface area contributed by atoms with Crippen molar-refractivity contribution in [1.29, 1.82) is 0 Å². The number of hydrogen-bond acceptors (Lipinski definition) is 5. The number of carbonyl (C=O) groups excluding carboxylic acids is 2. The predicted molar refractivity (Wildman–Crippen MR) is 106 cm³/mol. The number of nitrogens with one attached hydrogen (secondary N) is 1. The Morgan fingerprint density at radius 3 is 2.62 bits per heavy atom. The van der Waals surface area contributed by atoms with E-state index in [-0.39, 0.29) is 19.0 Å². The first-order valence-corrected chi connectivity index (χ1v) is 9.55. The van der Waals surface area contributed by atoms with Crippen molar-refractivity contribution in [2.75, 3.05) is 49.2 Å². The first kappa shape index (κ1) is 19.2. The largest absolute Gasteiger partial charge is 0.442 e. The van der Waals surface area contributed by atoms with Crippen molar-refractivity contribution in [3.05, 3.63) is 59.9 Å². The van der Waals surface area contributed by atoms with Crippen molar-refractivity contribution < 1.29 is 23.5 Å². The van der Waals surface area contributed by atoms with Gasteiger partial charge in [-0.1, -0.05) is 18.2 Å². The molecule has 29 heavy (non-hydrogen) atoms. The first-order chi connectivity index (χ1) is 14.1. The maximum absolute atomic E-state index is 14.6. The molecule has 2 heterocycles. The Labute approximate surface area is 168 Å². The third kappa shape index (κ3) is 4.32.